The molecule has 9 aromatic rings. The average molecular weight is 695 g/mol. The van der Waals surface area contributed by atoms with Gasteiger partial charge >= 0.3 is 0 Å². The summed E-state index contributed by atoms with van der Waals surface area (Å²) in [5.74, 6) is 2.53. The molecule has 54 heavy (non-hydrogen) atoms. The van der Waals surface area contributed by atoms with E-state index in [1.807, 2.05) is 60.7 Å². The molecule has 0 saturated heterocycles. The third-order valence-corrected chi connectivity index (χ3v) is 10.6. The molecule has 10 rings (SSSR count). The van der Waals surface area contributed by atoms with Crippen molar-refractivity contribution in [2.45, 2.75) is 19.3 Å². The van der Waals surface area contributed by atoms with Crippen LogP contribution in [0.4, 0.5) is 0 Å². The van der Waals surface area contributed by atoms with E-state index < -0.39 is 0 Å². The van der Waals surface area contributed by atoms with Gasteiger partial charge in [0, 0.05) is 33.2 Å². The van der Waals surface area contributed by atoms with Gasteiger partial charge in [0.1, 0.15) is 5.52 Å². The Morgan fingerprint density at radius 2 is 0.852 bits per heavy atom. The first-order chi connectivity index (χ1) is 26.5. The first-order valence-electron chi connectivity index (χ1n) is 18.2. The minimum Gasteiger partial charge on any atom is -0.436 e. The maximum atomic E-state index is 6.59. The van der Waals surface area contributed by atoms with E-state index in [-0.39, 0.29) is 5.41 Å². The molecule has 2 aromatic heterocycles. The van der Waals surface area contributed by atoms with Crippen LogP contribution in [-0.2, 0) is 5.41 Å². The van der Waals surface area contributed by atoms with Gasteiger partial charge in [0.05, 0.1) is 0 Å². The summed E-state index contributed by atoms with van der Waals surface area (Å²) in [5.41, 5.74) is 14.8. The van der Waals surface area contributed by atoms with Crippen molar-refractivity contribution in [3.63, 3.8) is 0 Å². The van der Waals surface area contributed by atoms with Crippen LogP contribution in [0.5, 0.6) is 0 Å². The van der Waals surface area contributed by atoms with E-state index in [1.54, 1.807) is 0 Å². The number of aromatic nitrogens is 4. The average Bonchev–Trinajstić information content (AvgIpc) is 3.77. The molecule has 0 amide bonds. The standard InChI is InChI=1S/C49H34N4O/c1-49(2)40-21-13-12-20-38(40)39-30-41-44(42(43(39)49)33-14-6-3-7-15-33)50-48(54-41)37-28-24-32(25-29-37)31-22-26-36(27-23-31)47-52-45(34-16-8-4-9-17-34)51-46(53-47)35-18-10-5-11-19-35/h3-30H,1-2H3. The summed E-state index contributed by atoms with van der Waals surface area (Å²) in [6.07, 6.45) is 0. The van der Waals surface area contributed by atoms with Gasteiger partial charge in [-0.2, -0.15) is 0 Å². The van der Waals surface area contributed by atoms with Crippen molar-refractivity contribution < 1.29 is 4.42 Å². The quantitative estimate of drug-likeness (QED) is 0.173. The van der Waals surface area contributed by atoms with Gasteiger partial charge in [-0.15, -0.1) is 0 Å². The van der Waals surface area contributed by atoms with E-state index >= 15 is 0 Å². The molecule has 5 nitrogen and oxygen atoms in total. The molecule has 0 unspecified atom stereocenters. The minimum atomic E-state index is -0.181. The summed E-state index contributed by atoms with van der Waals surface area (Å²) in [5, 5.41) is 0. The number of fused-ring (bicyclic) bond motifs is 4. The summed E-state index contributed by atoms with van der Waals surface area (Å²) in [6.45, 7) is 4.63. The van der Waals surface area contributed by atoms with Gasteiger partial charge in [0.2, 0.25) is 5.89 Å². The van der Waals surface area contributed by atoms with Crippen LogP contribution in [0.1, 0.15) is 25.0 Å². The summed E-state index contributed by atoms with van der Waals surface area (Å²) < 4.78 is 6.59. The van der Waals surface area contributed by atoms with Crippen LogP contribution in [0, 0.1) is 0 Å². The third-order valence-electron chi connectivity index (χ3n) is 10.6. The Morgan fingerprint density at radius 1 is 0.407 bits per heavy atom. The van der Waals surface area contributed by atoms with Gasteiger partial charge in [0.15, 0.2) is 23.1 Å². The van der Waals surface area contributed by atoms with Gasteiger partial charge in [-0.25, -0.2) is 19.9 Å². The monoisotopic (exact) mass is 694 g/mol. The zero-order valence-electron chi connectivity index (χ0n) is 29.9. The molecule has 1 aliphatic carbocycles. The Hall–Kier alpha value is -6.98. The molecule has 256 valence electrons. The van der Waals surface area contributed by atoms with Crippen molar-refractivity contribution in [1.82, 2.24) is 19.9 Å². The predicted molar refractivity (Wildman–Crippen MR) is 218 cm³/mol. The van der Waals surface area contributed by atoms with E-state index in [2.05, 4.69) is 123 Å². The maximum Gasteiger partial charge on any atom is 0.227 e. The Labute approximate surface area is 313 Å². The second kappa shape index (κ2) is 12.6. The van der Waals surface area contributed by atoms with E-state index in [1.165, 1.54) is 22.3 Å². The zero-order valence-corrected chi connectivity index (χ0v) is 29.9. The number of rotatable bonds is 6. The molecule has 2 heterocycles. The largest absolute Gasteiger partial charge is 0.436 e. The molecule has 5 heteroatoms. The van der Waals surface area contributed by atoms with Crippen molar-refractivity contribution in [3.05, 3.63) is 181 Å². The Morgan fingerprint density at radius 3 is 1.41 bits per heavy atom. The van der Waals surface area contributed by atoms with Crippen LogP contribution in [0.25, 0.3) is 90.1 Å². The van der Waals surface area contributed by atoms with Crippen molar-refractivity contribution in [2.24, 2.45) is 0 Å². The maximum absolute atomic E-state index is 6.59. The van der Waals surface area contributed by atoms with Gasteiger partial charge in [-0.05, 0) is 57.1 Å². The predicted octanol–water partition coefficient (Wildman–Crippen LogP) is 12.3. The third kappa shape index (κ3) is 5.32. The van der Waals surface area contributed by atoms with Crippen LogP contribution in [0.3, 0.4) is 0 Å². The lowest BCUT2D eigenvalue weighted by molar-refractivity contribution is 0.619. The highest BCUT2D eigenvalue weighted by atomic mass is 16.3. The summed E-state index contributed by atoms with van der Waals surface area (Å²) >= 11 is 0. The molecule has 0 atom stereocenters. The molecular formula is C49H34N4O. The smallest absolute Gasteiger partial charge is 0.227 e. The highest BCUT2D eigenvalue weighted by Crippen LogP contribution is 2.54. The van der Waals surface area contributed by atoms with E-state index in [4.69, 9.17) is 24.4 Å². The Bertz CT molecular complexity index is 2750. The van der Waals surface area contributed by atoms with Crippen LogP contribution >= 0.6 is 0 Å². The fourth-order valence-electron chi connectivity index (χ4n) is 7.89. The van der Waals surface area contributed by atoms with Crippen LogP contribution in [0.15, 0.2) is 174 Å². The Balaban J connectivity index is 0.996. The van der Waals surface area contributed by atoms with Crippen molar-refractivity contribution in [3.8, 4) is 79.0 Å². The molecule has 0 fully saturated rings. The molecule has 0 aliphatic heterocycles. The highest BCUT2D eigenvalue weighted by Gasteiger charge is 2.39. The van der Waals surface area contributed by atoms with Crippen molar-refractivity contribution in [1.29, 1.82) is 0 Å². The zero-order chi connectivity index (χ0) is 36.2. The molecule has 7 aromatic carbocycles. The normalized spacial score (nSPS) is 12.8. The topological polar surface area (TPSA) is 64.7 Å². The number of benzene rings is 7. The number of oxazole rings is 1. The second-order valence-electron chi connectivity index (χ2n) is 14.3. The van der Waals surface area contributed by atoms with Gasteiger partial charge < -0.3 is 4.42 Å². The summed E-state index contributed by atoms with van der Waals surface area (Å²) in [6, 6.07) is 58.4. The Kier molecular flexibility index (Phi) is 7.41. The fraction of sp³-hybridized carbons (Fsp3) is 0.0612. The van der Waals surface area contributed by atoms with Gasteiger partial charge in [-0.3, -0.25) is 0 Å². The first kappa shape index (κ1) is 31.7. The van der Waals surface area contributed by atoms with E-state index in [0.29, 0.717) is 23.4 Å². The van der Waals surface area contributed by atoms with Crippen LogP contribution in [-0.4, -0.2) is 19.9 Å². The van der Waals surface area contributed by atoms with Gasteiger partial charge in [0.25, 0.3) is 0 Å². The van der Waals surface area contributed by atoms with E-state index in [9.17, 15) is 0 Å². The fourth-order valence-corrected chi connectivity index (χ4v) is 7.89. The molecule has 0 bridgehead atoms. The SMILES string of the molecule is CC1(C)c2ccccc2-c2cc3oc(-c4ccc(-c5ccc(-c6nc(-c7ccccc7)nc(-c7ccccc7)n6)cc5)cc4)nc3c(-c3ccccc3)c21. The first-order valence-corrected chi connectivity index (χ1v) is 18.2. The van der Waals surface area contributed by atoms with Crippen molar-refractivity contribution in [2.75, 3.05) is 0 Å². The van der Waals surface area contributed by atoms with E-state index in [0.717, 1.165) is 55.6 Å². The van der Waals surface area contributed by atoms with Gasteiger partial charge in [-0.1, -0.05) is 166 Å². The summed E-state index contributed by atoms with van der Waals surface area (Å²) in [4.78, 5) is 19.8. The molecule has 0 spiro atoms. The second-order valence-corrected chi connectivity index (χ2v) is 14.3. The number of hydrogen-bond acceptors (Lipinski definition) is 5. The molecule has 0 radical (unpaired) electrons. The van der Waals surface area contributed by atoms with Crippen molar-refractivity contribution >= 4 is 11.1 Å². The lowest BCUT2D eigenvalue weighted by Crippen LogP contribution is -2.16. The molecular weight excluding hydrogens is 661 g/mol. The summed E-state index contributed by atoms with van der Waals surface area (Å²) in [7, 11) is 0. The molecule has 0 saturated carbocycles. The number of nitrogens with zero attached hydrogens (tertiary/aromatic N) is 4. The molecule has 0 N–H and O–H groups in total. The lowest BCUT2D eigenvalue weighted by atomic mass is 9.78. The van der Waals surface area contributed by atoms with Crippen LogP contribution in [0.2, 0.25) is 0 Å². The number of hydrogen-bond donors (Lipinski definition) is 0. The molecule has 1 aliphatic rings. The lowest BCUT2D eigenvalue weighted by Gasteiger charge is -2.24. The highest BCUT2D eigenvalue weighted by molar-refractivity contribution is 6.02. The minimum absolute atomic E-state index is 0.181. The van der Waals surface area contributed by atoms with Crippen LogP contribution < -0.4 is 0 Å².